The molecule has 0 radical (unpaired) electrons. The van der Waals surface area contributed by atoms with E-state index in [9.17, 15) is 0 Å². The van der Waals surface area contributed by atoms with Gasteiger partial charge in [0, 0.05) is 43.8 Å². The number of benzene rings is 8. The largest absolute Gasteiger partial charge is 0.490 e. The van der Waals surface area contributed by atoms with Gasteiger partial charge in [0.1, 0.15) is 121 Å². The molecule has 0 amide bonds. The molecule has 0 saturated carbocycles. The maximum Gasteiger partial charge on any atom is 0.164 e. The Hall–Kier alpha value is -9.32. The molecular weight excluding hydrogens is 1150 g/mol. The Bertz CT molecular complexity index is 4130. The molecule has 8 aromatic carbocycles. The first-order valence-electron chi connectivity index (χ1n) is 26.6. The number of nitrogens with one attached hydrogen (secondary N) is 2. The lowest BCUT2D eigenvalue weighted by Gasteiger charge is -2.11. The average Bonchev–Trinajstić information content (AvgIpc) is 2.87. The molecule has 0 saturated heterocycles. The van der Waals surface area contributed by atoms with Gasteiger partial charge in [0.2, 0.25) is 0 Å². The minimum atomic E-state index is 0.187. The van der Waals surface area contributed by atoms with Crippen molar-refractivity contribution in [3.05, 3.63) is 190 Å². The number of halogens is 4. The summed E-state index contributed by atoms with van der Waals surface area (Å²) in [7, 11) is 0. The second kappa shape index (κ2) is 24.3. The van der Waals surface area contributed by atoms with Gasteiger partial charge in [-0.05, 0) is 97.1 Å². The van der Waals surface area contributed by atoms with Gasteiger partial charge in [0.15, 0.2) is 23.3 Å². The van der Waals surface area contributed by atoms with Gasteiger partial charge in [-0.2, -0.15) is 0 Å². The van der Waals surface area contributed by atoms with Crippen LogP contribution in [0.5, 0.6) is 46.0 Å². The van der Waals surface area contributed by atoms with Crippen LogP contribution in [0.25, 0.3) is 89.7 Å². The first-order valence-corrected chi connectivity index (χ1v) is 28.2. The topological polar surface area (TPSA) is 183 Å². The van der Waals surface area contributed by atoms with Crippen LogP contribution in [0.15, 0.2) is 170 Å². The maximum atomic E-state index is 7.08. The second-order valence-electron chi connectivity index (χ2n) is 19.0. The molecule has 11 aromatic rings. The number of aromatic amines is 2. The van der Waals surface area contributed by atoms with Gasteiger partial charge in [-0.3, -0.25) is 0 Å². The van der Waals surface area contributed by atoms with Gasteiger partial charge in [0.25, 0.3) is 0 Å². The Kier molecular flexibility index (Phi) is 15.6. The van der Waals surface area contributed by atoms with E-state index in [1.54, 1.807) is 48.5 Å². The smallest absolute Gasteiger partial charge is 0.164 e. The molecule has 2 aliphatic rings. The highest BCUT2D eigenvalue weighted by atomic mass is 35.5. The number of hydrogen-bond acceptors (Lipinski definition) is 14. The molecule has 2 aliphatic heterocycles. The van der Waals surface area contributed by atoms with Crippen molar-refractivity contribution < 1.29 is 37.9 Å². The molecule has 13 rings (SSSR count). The molecule has 2 N–H and O–H groups in total. The highest BCUT2D eigenvalue weighted by molar-refractivity contribution is 6.34. The van der Waals surface area contributed by atoms with Crippen LogP contribution >= 0.6 is 46.4 Å². The lowest BCUT2D eigenvalue weighted by atomic mass is 10.1. The van der Waals surface area contributed by atoms with Crippen LogP contribution in [0.1, 0.15) is 0 Å². The third kappa shape index (κ3) is 11.7. The first-order chi connectivity index (χ1) is 41.2. The summed E-state index contributed by atoms with van der Waals surface area (Å²) in [6.45, 7) is 1.78. The summed E-state index contributed by atoms with van der Waals surface area (Å²) in [5.74, 6) is 5.50. The van der Waals surface area contributed by atoms with Crippen molar-refractivity contribution in [3.63, 3.8) is 0 Å². The van der Waals surface area contributed by atoms with Crippen LogP contribution in [-0.4, -0.2) is 92.7 Å². The molecular formula is C64H46Cl4N8O8. The molecule has 418 valence electrons. The van der Waals surface area contributed by atoms with Gasteiger partial charge in [-0.25, -0.2) is 29.9 Å². The molecule has 8 bridgehead atoms. The Morgan fingerprint density at radius 1 is 0.262 bits per heavy atom. The van der Waals surface area contributed by atoms with Crippen molar-refractivity contribution in [3.8, 4) is 91.5 Å². The van der Waals surface area contributed by atoms with Crippen LogP contribution < -0.4 is 37.9 Å². The molecule has 0 atom stereocenters. The number of fused-ring (bicyclic) bond motifs is 20. The van der Waals surface area contributed by atoms with Crippen LogP contribution in [-0.2, 0) is 0 Å². The highest BCUT2D eigenvalue weighted by Crippen LogP contribution is 2.44. The number of para-hydroxylation sites is 4. The van der Waals surface area contributed by atoms with Crippen LogP contribution in [0.3, 0.4) is 0 Å². The minimum absolute atomic E-state index is 0.187. The number of rotatable bonds is 20. The zero-order valence-corrected chi connectivity index (χ0v) is 47.3. The van der Waals surface area contributed by atoms with E-state index in [2.05, 4.69) is 9.97 Å². The van der Waals surface area contributed by atoms with E-state index in [0.717, 1.165) is 0 Å². The quantitative estimate of drug-likeness (QED) is 0.0687. The predicted molar refractivity (Wildman–Crippen MR) is 326 cm³/mol. The van der Waals surface area contributed by atoms with Crippen LogP contribution in [0, 0.1) is 0 Å². The van der Waals surface area contributed by atoms with Gasteiger partial charge in [-0.1, -0.05) is 119 Å². The van der Waals surface area contributed by atoms with Crippen molar-refractivity contribution in [2.24, 2.45) is 0 Å². The minimum Gasteiger partial charge on any atom is -0.490 e. The molecule has 16 nitrogen and oxygen atoms in total. The summed E-state index contributed by atoms with van der Waals surface area (Å²) < 4.78 is 48.8. The summed E-state index contributed by atoms with van der Waals surface area (Å²) in [5, 5.41) is 3.66. The second-order valence-corrected chi connectivity index (χ2v) is 20.6. The fourth-order valence-electron chi connectivity index (χ4n) is 9.54. The van der Waals surface area contributed by atoms with E-state index in [4.69, 9.17) is 114 Å². The molecule has 84 heavy (non-hydrogen) atoms. The van der Waals surface area contributed by atoms with E-state index in [-0.39, 0.29) is 76.2 Å². The fourth-order valence-corrected chi connectivity index (χ4v) is 10.4. The van der Waals surface area contributed by atoms with E-state index < -0.39 is 0 Å². The predicted octanol–water partition coefficient (Wildman–Crippen LogP) is 15.3. The van der Waals surface area contributed by atoms with E-state index >= 15 is 0 Å². The van der Waals surface area contributed by atoms with Crippen LogP contribution in [0.4, 0.5) is 0 Å². The molecule has 20 heteroatoms. The zero-order valence-electron chi connectivity index (χ0n) is 44.3. The molecule has 0 aliphatic carbocycles. The molecule has 0 unspecified atom stereocenters. The summed E-state index contributed by atoms with van der Waals surface area (Å²) in [5.41, 5.74) is 3.75. The fraction of sp³-hybridized carbons (Fsp3) is 0.125. The molecule has 0 spiro atoms. The highest BCUT2D eigenvalue weighted by Gasteiger charge is 2.27. The third-order valence-electron chi connectivity index (χ3n) is 13.5. The van der Waals surface area contributed by atoms with E-state index in [0.29, 0.717) is 132 Å². The first kappa shape index (κ1) is 54.0. The molecule has 5 heterocycles. The molecule has 0 fully saturated rings. The third-order valence-corrected chi connectivity index (χ3v) is 14.6. The van der Waals surface area contributed by atoms with Crippen molar-refractivity contribution in [2.75, 3.05) is 52.9 Å². The SMILES string of the molecule is Clc1cc2c(cc1OCCOc1ccccc1)-c1nc-2nc2[nH]c(nc3nc(nc4[nH]c(n1)c1cc(Cl)c(OCCOc5ccccc5)cc41)-c1cc(Cl)c(OCCOc4ccccc4)cc1-3)c1cc(Cl)c(OCCOc3ccccc3)cc21. The van der Waals surface area contributed by atoms with Crippen molar-refractivity contribution in [2.45, 2.75) is 0 Å². The van der Waals surface area contributed by atoms with Gasteiger partial charge < -0.3 is 47.9 Å². The summed E-state index contributed by atoms with van der Waals surface area (Å²) in [4.78, 5) is 38.1. The van der Waals surface area contributed by atoms with Crippen molar-refractivity contribution in [1.82, 2.24) is 39.9 Å². The monoisotopic (exact) mass is 1190 g/mol. The van der Waals surface area contributed by atoms with Crippen LogP contribution in [0.2, 0.25) is 20.1 Å². The standard InChI is InChI=1S/C64H46Cl4N8O8/c65-49-29-41-45(33-53(49)81-25-21-77-37-13-5-1-6-14-37)61-69-57(41)74-62-47-35-55(83-27-23-79-39-17-9-3-10-18-39)51(67)31-43(47)59(71-62)76-64-48-36-56(84-28-24-80-40-19-11-4-12-20-40)52(68)32-44(48)60(72-64)75-63-46-34-54(50(66)30-42(46)58(70-63)73-61)82-26-22-78-38-15-7-2-8-16-38/h1-20,29-36H,21-28H2,(H2,69,70,71,72,73,74,75,76). The van der Waals surface area contributed by atoms with Crippen molar-refractivity contribution in [1.29, 1.82) is 0 Å². The number of nitrogens with zero attached hydrogens (tertiary/aromatic N) is 6. The molecule has 3 aromatic heterocycles. The Morgan fingerprint density at radius 2 is 0.500 bits per heavy atom. The van der Waals surface area contributed by atoms with Crippen molar-refractivity contribution >= 4 is 90.5 Å². The zero-order chi connectivity index (χ0) is 56.9. The number of ether oxygens (including phenoxy) is 8. The number of H-pyrrole nitrogens is 2. The normalized spacial score (nSPS) is 11.5. The summed E-state index contributed by atoms with van der Waals surface area (Å²) in [6.07, 6.45) is 0. The Balaban J connectivity index is 0.972. The Morgan fingerprint density at radius 3 is 0.798 bits per heavy atom. The van der Waals surface area contributed by atoms with Gasteiger partial charge >= 0.3 is 0 Å². The maximum absolute atomic E-state index is 7.08. The van der Waals surface area contributed by atoms with E-state index in [1.165, 1.54) is 0 Å². The number of hydrogen-bond donors (Lipinski definition) is 2. The van der Waals surface area contributed by atoms with Gasteiger partial charge in [0.05, 0.1) is 20.1 Å². The Labute approximate surface area is 499 Å². The lowest BCUT2D eigenvalue weighted by molar-refractivity contribution is 0.217. The summed E-state index contributed by atoms with van der Waals surface area (Å²) >= 11 is 28.3. The average molecular weight is 1200 g/mol. The summed E-state index contributed by atoms with van der Waals surface area (Å²) in [6, 6.07) is 52.2. The van der Waals surface area contributed by atoms with Gasteiger partial charge in [-0.15, -0.1) is 0 Å². The number of aromatic nitrogens is 8. The lowest BCUT2D eigenvalue weighted by Crippen LogP contribution is -2.09. The van der Waals surface area contributed by atoms with E-state index in [1.807, 2.05) is 121 Å².